The van der Waals surface area contributed by atoms with Crippen LogP contribution < -0.4 is 5.32 Å². The van der Waals surface area contributed by atoms with E-state index in [9.17, 15) is 61.0 Å². The molecule has 75 heavy (non-hydrogen) atoms. The largest absolute Gasteiger partial charge is 0.394 e. The third-order valence-electron chi connectivity index (χ3n) is 15.1. The molecule has 19 heteroatoms. The van der Waals surface area contributed by atoms with Crippen LogP contribution in [0.5, 0.6) is 0 Å². The predicted molar refractivity (Wildman–Crippen MR) is 282 cm³/mol. The van der Waals surface area contributed by atoms with E-state index in [2.05, 4.69) is 31.3 Å². The predicted octanol–water partition coefficient (Wildman–Crippen LogP) is 4.60. The van der Waals surface area contributed by atoms with Crippen molar-refractivity contribution in [2.24, 2.45) is 0 Å². The van der Waals surface area contributed by atoms with Gasteiger partial charge in [-0.2, -0.15) is 0 Å². The maximum Gasteiger partial charge on any atom is 0.220 e. The number of nitrogens with one attached hydrogen (secondary N) is 1. The van der Waals surface area contributed by atoms with Crippen molar-refractivity contribution in [1.29, 1.82) is 0 Å². The highest BCUT2D eigenvalue weighted by molar-refractivity contribution is 5.76. The topological polar surface area (TPSA) is 307 Å². The van der Waals surface area contributed by atoms with Crippen molar-refractivity contribution in [2.75, 3.05) is 26.4 Å². The molecular weight excluding hydrogens is 975 g/mol. The van der Waals surface area contributed by atoms with Crippen LogP contribution in [0.25, 0.3) is 0 Å². The van der Waals surface area contributed by atoms with Gasteiger partial charge in [0.05, 0.1) is 38.6 Å². The zero-order valence-corrected chi connectivity index (χ0v) is 45.8. The average Bonchev–Trinajstić information content (AvgIpc) is 3.41. The Balaban J connectivity index is 1.50. The van der Waals surface area contributed by atoms with Crippen molar-refractivity contribution in [1.82, 2.24) is 5.32 Å². The quantitative estimate of drug-likeness (QED) is 0.0293. The molecule has 3 aliphatic rings. The van der Waals surface area contributed by atoms with E-state index in [1.807, 2.05) is 0 Å². The van der Waals surface area contributed by atoms with E-state index in [0.29, 0.717) is 12.8 Å². The van der Waals surface area contributed by atoms with Gasteiger partial charge in [-0.15, -0.1) is 0 Å². The number of aliphatic hydroxyl groups is 11. The second kappa shape index (κ2) is 40.7. The summed E-state index contributed by atoms with van der Waals surface area (Å²) < 4.78 is 34.3. The van der Waals surface area contributed by atoms with Gasteiger partial charge in [0.1, 0.15) is 73.2 Å². The minimum atomic E-state index is -1.97. The number of aliphatic hydroxyl groups excluding tert-OH is 11. The third kappa shape index (κ3) is 25.3. The smallest absolute Gasteiger partial charge is 0.220 e. The van der Waals surface area contributed by atoms with Crippen molar-refractivity contribution in [3.8, 4) is 0 Å². The van der Waals surface area contributed by atoms with Gasteiger partial charge in [0.25, 0.3) is 0 Å². The lowest BCUT2D eigenvalue weighted by Gasteiger charge is -2.48. The monoisotopic (exact) mass is 1080 g/mol. The van der Waals surface area contributed by atoms with Crippen molar-refractivity contribution in [3.63, 3.8) is 0 Å². The second-order valence-electron chi connectivity index (χ2n) is 21.5. The van der Waals surface area contributed by atoms with E-state index in [1.54, 1.807) is 0 Å². The molecule has 0 spiro atoms. The maximum atomic E-state index is 13.3. The minimum absolute atomic E-state index is 0.247. The fourth-order valence-electron chi connectivity index (χ4n) is 10.2. The van der Waals surface area contributed by atoms with Gasteiger partial charge in [-0.3, -0.25) is 4.79 Å². The number of allylic oxidation sites excluding steroid dienone is 2. The SMILES string of the molecule is CCCCCCCC/C=C\CCCCCCCCCC(=O)NC(COC1OC(CO)C(OC2OC(CO)C(OC3OC(CO)C(O)C(O)C3O)C(O)C2O)C(O)C1O)C(O)CCCCCCCCCCCCCCC. The summed E-state index contributed by atoms with van der Waals surface area (Å²) in [6.07, 6.45) is 11.5. The van der Waals surface area contributed by atoms with E-state index in [4.69, 9.17) is 28.4 Å². The molecule has 0 aromatic rings. The lowest BCUT2D eigenvalue weighted by Crippen LogP contribution is -2.66. The summed E-state index contributed by atoms with van der Waals surface area (Å²) in [6.45, 7) is 1.77. The lowest BCUT2D eigenvalue weighted by molar-refractivity contribution is -0.379. The van der Waals surface area contributed by atoms with Crippen molar-refractivity contribution >= 4 is 5.91 Å². The van der Waals surface area contributed by atoms with Crippen molar-refractivity contribution in [2.45, 2.75) is 311 Å². The number of hydrogen-bond acceptors (Lipinski definition) is 18. The maximum absolute atomic E-state index is 13.3. The average molecular weight is 1080 g/mol. The molecule has 3 aliphatic heterocycles. The first-order valence-corrected chi connectivity index (χ1v) is 29.4. The van der Waals surface area contributed by atoms with Gasteiger partial charge in [0.2, 0.25) is 5.91 Å². The molecule has 3 saturated heterocycles. The summed E-state index contributed by atoms with van der Waals surface area (Å²) in [5.41, 5.74) is 0. The van der Waals surface area contributed by atoms with Crippen LogP contribution in [-0.2, 0) is 33.2 Å². The first-order valence-electron chi connectivity index (χ1n) is 29.4. The third-order valence-corrected chi connectivity index (χ3v) is 15.1. The molecule has 3 rings (SSSR count). The lowest BCUT2D eigenvalue weighted by atomic mass is 9.96. The zero-order valence-electron chi connectivity index (χ0n) is 45.8. The van der Waals surface area contributed by atoms with Crippen LogP contribution in [0.3, 0.4) is 0 Å². The molecule has 0 aromatic carbocycles. The number of carbonyl (C=O) groups is 1. The molecular formula is C56H105NO18. The van der Waals surface area contributed by atoms with E-state index >= 15 is 0 Å². The van der Waals surface area contributed by atoms with Crippen LogP contribution >= 0.6 is 0 Å². The normalized spacial score (nSPS) is 31.2. The van der Waals surface area contributed by atoms with E-state index in [0.717, 1.165) is 57.8 Å². The number of unbranched alkanes of at least 4 members (excludes halogenated alkanes) is 25. The molecule has 19 nitrogen and oxygen atoms in total. The van der Waals surface area contributed by atoms with E-state index < -0.39 is 124 Å². The fourth-order valence-corrected chi connectivity index (χ4v) is 10.2. The first-order chi connectivity index (χ1) is 36.3. The first kappa shape index (κ1) is 67.8. The number of hydrogen-bond donors (Lipinski definition) is 12. The summed E-state index contributed by atoms with van der Waals surface area (Å²) in [7, 11) is 0. The summed E-state index contributed by atoms with van der Waals surface area (Å²) in [5, 5.41) is 120. The Morgan fingerprint density at radius 3 is 1.29 bits per heavy atom. The Morgan fingerprint density at radius 2 is 0.840 bits per heavy atom. The molecule has 12 N–H and O–H groups in total. The van der Waals surface area contributed by atoms with Crippen LogP contribution in [0.2, 0.25) is 0 Å². The number of amides is 1. The molecule has 0 radical (unpaired) electrons. The van der Waals surface area contributed by atoms with E-state index in [1.165, 1.54) is 116 Å². The van der Waals surface area contributed by atoms with Gasteiger partial charge in [0.15, 0.2) is 18.9 Å². The summed E-state index contributed by atoms with van der Waals surface area (Å²) in [4.78, 5) is 13.3. The van der Waals surface area contributed by atoms with Gasteiger partial charge in [-0.25, -0.2) is 0 Å². The highest BCUT2D eigenvalue weighted by Crippen LogP contribution is 2.33. The van der Waals surface area contributed by atoms with Crippen molar-refractivity contribution < 1.29 is 89.4 Å². The number of carbonyl (C=O) groups excluding carboxylic acids is 1. The summed E-state index contributed by atoms with van der Waals surface area (Å²) in [5.74, 6) is -0.247. The van der Waals surface area contributed by atoms with Crippen LogP contribution in [0, 0.1) is 0 Å². The number of ether oxygens (including phenoxy) is 6. The fraction of sp³-hybridized carbons (Fsp3) is 0.946. The van der Waals surface area contributed by atoms with Gasteiger partial charge < -0.3 is 89.9 Å². The van der Waals surface area contributed by atoms with Gasteiger partial charge >= 0.3 is 0 Å². The Kier molecular flexibility index (Phi) is 36.8. The standard InChI is InChI=1S/C56H105NO18/c1-3-5-7-9-11-13-15-17-18-19-20-22-24-26-28-30-32-34-44(62)57-39(40(61)33-31-29-27-25-23-21-16-14-12-10-8-6-4-2)38-70-54-50(68)47(65)52(42(36-59)72-54)75-56-51(69)48(66)53(43(37-60)73-56)74-55-49(67)46(64)45(63)41(35-58)71-55/h17-18,39-43,45-56,58-61,63-69H,3-16,19-38H2,1-2H3,(H,57,62)/b18-17-. The Hall–Kier alpha value is -1.47. The van der Waals surface area contributed by atoms with Crippen LogP contribution in [0.4, 0.5) is 0 Å². The zero-order chi connectivity index (χ0) is 54.8. The minimum Gasteiger partial charge on any atom is -0.394 e. The highest BCUT2D eigenvalue weighted by atomic mass is 16.8. The van der Waals surface area contributed by atoms with Gasteiger partial charge in [0, 0.05) is 6.42 Å². The molecule has 3 fully saturated rings. The highest BCUT2D eigenvalue weighted by Gasteiger charge is 2.53. The van der Waals surface area contributed by atoms with E-state index in [-0.39, 0.29) is 18.9 Å². The molecule has 0 aromatic heterocycles. The molecule has 1 amide bonds. The Bertz CT molecular complexity index is 1430. The summed E-state index contributed by atoms with van der Waals surface area (Å²) in [6, 6.07) is -0.884. The molecule has 0 saturated carbocycles. The summed E-state index contributed by atoms with van der Waals surface area (Å²) >= 11 is 0. The Labute approximate surface area is 448 Å². The van der Waals surface area contributed by atoms with Crippen LogP contribution in [0.15, 0.2) is 12.2 Å². The van der Waals surface area contributed by atoms with Gasteiger partial charge in [-0.1, -0.05) is 174 Å². The Morgan fingerprint density at radius 1 is 0.467 bits per heavy atom. The number of rotatable bonds is 43. The van der Waals surface area contributed by atoms with Crippen molar-refractivity contribution in [3.05, 3.63) is 12.2 Å². The molecule has 17 atom stereocenters. The molecule has 17 unspecified atom stereocenters. The second-order valence-corrected chi connectivity index (χ2v) is 21.5. The van der Waals surface area contributed by atoms with Gasteiger partial charge in [-0.05, 0) is 38.5 Å². The molecule has 0 bridgehead atoms. The molecule has 3 heterocycles. The molecule has 442 valence electrons. The molecule has 0 aliphatic carbocycles. The van der Waals surface area contributed by atoms with Crippen LogP contribution in [0.1, 0.15) is 206 Å². The van der Waals surface area contributed by atoms with Crippen LogP contribution in [-0.4, -0.2) is 193 Å².